The van der Waals surface area contributed by atoms with Gasteiger partial charge in [0.25, 0.3) is 0 Å². The summed E-state index contributed by atoms with van der Waals surface area (Å²) in [4.78, 5) is 23.8. The Balaban J connectivity index is 1.62. The molecule has 0 fully saturated rings. The van der Waals surface area contributed by atoms with Gasteiger partial charge in [0, 0.05) is 22.6 Å². The number of ketones is 1. The zero-order valence-electron chi connectivity index (χ0n) is 12.2. The Hall–Kier alpha value is -3.08. The summed E-state index contributed by atoms with van der Waals surface area (Å²) in [6.07, 6.45) is 1.45. The maximum absolute atomic E-state index is 11.9. The highest BCUT2D eigenvalue weighted by molar-refractivity contribution is 5.98. The zero-order chi connectivity index (χ0) is 16.2. The first-order valence-corrected chi connectivity index (χ1v) is 7.06. The minimum absolute atomic E-state index is 0.000154. The van der Waals surface area contributed by atoms with Gasteiger partial charge >= 0.3 is 5.97 Å². The molecule has 0 radical (unpaired) electrons. The van der Waals surface area contributed by atoms with Crippen molar-refractivity contribution in [1.82, 2.24) is 0 Å². The number of phenols is 1. The highest BCUT2D eigenvalue weighted by Crippen LogP contribution is 2.25. The van der Waals surface area contributed by atoms with Crippen molar-refractivity contribution in [3.05, 3.63) is 65.9 Å². The quantitative estimate of drug-likeness (QED) is 0.579. The monoisotopic (exact) mass is 310 g/mol. The van der Waals surface area contributed by atoms with Gasteiger partial charge in [0.2, 0.25) is 0 Å². The van der Waals surface area contributed by atoms with E-state index in [9.17, 15) is 14.7 Å². The Morgan fingerprint density at radius 1 is 1.09 bits per heavy atom. The maximum Gasteiger partial charge on any atom is 0.310 e. The van der Waals surface area contributed by atoms with Crippen LogP contribution in [0.4, 0.5) is 0 Å². The van der Waals surface area contributed by atoms with Crippen LogP contribution in [0.5, 0.6) is 5.75 Å². The lowest BCUT2D eigenvalue weighted by molar-refractivity contribution is -0.141. The smallest absolute Gasteiger partial charge is 0.310 e. The van der Waals surface area contributed by atoms with E-state index in [4.69, 9.17) is 9.15 Å². The summed E-state index contributed by atoms with van der Waals surface area (Å²) in [6, 6.07) is 13.3. The molecule has 0 spiro atoms. The molecule has 0 aliphatic carbocycles. The van der Waals surface area contributed by atoms with E-state index in [1.807, 2.05) is 6.07 Å². The number of benzene rings is 2. The van der Waals surface area contributed by atoms with Crippen molar-refractivity contribution in [2.45, 2.75) is 6.42 Å². The van der Waals surface area contributed by atoms with Gasteiger partial charge in [0.15, 0.2) is 12.4 Å². The molecule has 2 aromatic carbocycles. The molecule has 0 aliphatic rings. The Labute approximate surface area is 132 Å². The van der Waals surface area contributed by atoms with Crippen molar-refractivity contribution in [2.75, 3.05) is 6.61 Å². The summed E-state index contributed by atoms with van der Waals surface area (Å²) >= 11 is 0. The van der Waals surface area contributed by atoms with E-state index in [0.717, 1.165) is 5.39 Å². The number of ether oxygens (including phenoxy) is 1. The third-order valence-corrected chi connectivity index (χ3v) is 3.43. The molecule has 0 amide bonds. The van der Waals surface area contributed by atoms with Crippen LogP contribution in [0.25, 0.3) is 11.0 Å². The number of rotatable bonds is 5. The minimum Gasteiger partial charge on any atom is -0.508 e. The number of hydrogen-bond acceptors (Lipinski definition) is 5. The van der Waals surface area contributed by atoms with E-state index >= 15 is 0 Å². The normalized spacial score (nSPS) is 10.6. The van der Waals surface area contributed by atoms with Gasteiger partial charge < -0.3 is 14.3 Å². The zero-order valence-corrected chi connectivity index (χ0v) is 12.2. The van der Waals surface area contributed by atoms with Crippen molar-refractivity contribution in [2.24, 2.45) is 0 Å². The van der Waals surface area contributed by atoms with Gasteiger partial charge in [0.05, 0.1) is 12.7 Å². The van der Waals surface area contributed by atoms with Crippen molar-refractivity contribution in [1.29, 1.82) is 0 Å². The molecule has 0 saturated heterocycles. The van der Waals surface area contributed by atoms with Crippen LogP contribution in [0.1, 0.15) is 15.9 Å². The summed E-state index contributed by atoms with van der Waals surface area (Å²) in [5.74, 6) is -0.666. The lowest BCUT2D eigenvalue weighted by atomic mass is 10.1. The van der Waals surface area contributed by atoms with E-state index < -0.39 is 5.97 Å². The van der Waals surface area contributed by atoms with Gasteiger partial charge in [-0.1, -0.05) is 30.3 Å². The second kappa shape index (κ2) is 6.36. The molecular formula is C18H14O5. The Kier molecular flexibility index (Phi) is 4.10. The molecule has 3 rings (SSSR count). The summed E-state index contributed by atoms with van der Waals surface area (Å²) in [5.41, 5.74) is 1.65. The van der Waals surface area contributed by atoms with Gasteiger partial charge in [-0.05, 0) is 12.1 Å². The lowest BCUT2D eigenvalue weighted by Gasteiger charge is -2.04. The topological polar surface area (TPSA) is 76.7 Å². The van der Waals surface area contributed by atoms with E-state index in [1.54, 1.807) is 30.3 Å². The Morgan fingerprint density at radius 3 is 2.65 bits per heavy atom. The third kappa shape index (κ3) is 3.40. The van der Waals surface area contributed by atoms with Crippen LogP contribution in [-0.2, 0) is 16.0 Å². The Bertz CT molecular complexity index is 848. The molecule has 23 heavy (non-hydrogen) atoms. The van der Waals surface area contributed by atoms with Crippen LogP contribution in [0, 0.1) is 0 Å². The average Bonchev–Trinajstić information content (AvgIpc) is 2.95. The number of fused-ring (bicyclic) bond motifs is 1. The van der Waals surface area contributed by atoms with Gasteiger partial charge in [-0.25, -0.2) is 0 Å². The second-order valence-corrected chi connectivity index (χ2v) is 5.07. The maximum atomic E-state index is 11.9. The SMILES string of the molecule is O=C(Cc1coc2cc(O)ccc12)OCC(=O)c1ccccc1. The van der Waals surface area contributed by atoms with Crippen molar-refractivity contribution < 1.29 is 23.8 Å². The fourth-order valence-corrected chi connectivity index (χ4v) is 2.27. The summed E-state index contributed by atoms with van der Waals surface area (Å²) in [7, 11) is 0. The highest BCUT2D eigenvalue weighted by Gasteiger charge is 2.14. The molecule has 116 valence electrons. The number of carbonyl (C=O) groups excluding carboxylic acids is 2. The number of hydrogen-bond donors (Lipinski definition) is 1. The fraction of sp³-hybridized carbons (Fsp3) is 0.111. The lowest BCUT2D eigenvalue weighted by Crippen LogP contribution is -2.15. The molecule has 5 nitrogen and oxygen atoms in total. The van der Waals surface area contributed by atoms with Gasteiger partial charge in [0.1, 0.15) is 11.3 Å². The number of carbonyl (C=O) groups is 2. The van der Waals surface area contributed by atoms with Gasteiger partial charge in [-0.3, -0.25) is 9.59 Å². The van der Waals surface area contributed by atoms with Crippen LogP contribution in [-0.4, -0.2) is 23.5 Å². The third-order valence-electron chi connectivity index (χ3n) is 3.43. The minimum atomic E-state index is -0.509. The summed E-state index contributed by atoms with van der Waals surface area (Å²) < 4.78 is 10.3. The Morgan fingerprint density at radius 2 is 1.87 bits per heavy atom. The molecule has 0 atom stereocenters. The molecule has 0 unspecified atom stereocenters. The largest absolute Gasteiger partial charge is 0.508 e. The summed E-state index contributed by atoms with van der Waals surface area (Å²) in [6.45, 7) is -0.292. The average molecular weight is 310 g/mol. The first kappa shape index (κ1) is 14.8. The van der Waals surface area contributed by atoms with E-state index in [1.165, 1.54) is 18.4 Å². The van der Waals surface area contributed by atoms with Crippen molar-refractivity contribution in [3.8, 4) is 5.75 Å². The van der Waals surface area contributed by atoms with Crippen LogP contribution in [0.2, 0.25) is 0 Å². The molecule has 1 aromatic heterocycles. The molecule has 5 heteroatoms. The molecule has 0 aliphatic heterocycles. The predicted molar refractivity (Wildman–Crippen MR) is 83.3 cm³/mol. The van der Waals surface area contributed by atoms with Crippen LogP contribution < -0.4 is 0 Å². The number of aromatic hydroxyl groups is 1. The molecule has 0 bridgehead atoms. The van der Waals surface area contributed by atoms with Gasteiger partial charge in [-0.15, -0.1) is 0 Å². The highest BCUT2D eigenvalue weighted by atomic mass is 16.5. The van der Waals surface area contributed by atoms with Crippen molar-refractivity contribution >= 4 is 22.7 Å². The predicted octanol–water partition coefficient (Wildman–Crippen LogP) is 3.11. The molecule has 1 N–H and O–H groups in total. The number of Topliss-reactive ketones (excluding diaryl/α,β-unsaturated/α-hetero) is 1. The molecule has 3 aromatic rings. The first-order valence-electron chi connectivity index (χ1n) is 7.06. The molecule has 0 saturated carbocycles. The number of esters is 1. The van der Waals surface area contributed by atoms with E-state index in [-0.39, 0.29) is 24.6 Å². The van der Waals surface area contributed by atoms with E-state index in [2.05, 4.69) is 0 Å². The van der Waals surface area contributed by atoms with Gasteiger partial charge in [-0.2, -0.15) is 0 Å². The molecule has 1 heterocycles. The van der Waals surface area contributed by atoms with Crippen molar-refractivity contribution in [3.63, 3.8) is 0 Å². The van der Waals surface area contributed by atoms with Crippen LogP contribution >= 0.6 is 0 Å². The number of phenolic OH excluding ortho intramolecular Hbond substituents is 1. The fourth-order valence-electron chi connectivity index (χ4n) is 2.27. The number of furan rings is 1. The molecular weight excluding hydrogens is 296 g/mol. The second-order valence-electron chi connectivity index (χ2n) is 5.07. The van der Waals surface area contributed by atoms with E-state index in [0.29, 0.717) is 16.7 Å². The summed E-state index contributed by atoms with van der Waals surface area (Å²) in [5, 5.41) is 10.1. The first-order chi connectivity index (χ1) is 11.1. The standard InChI is InChI=1S/C18H14O5/c19-14-6-7-15-13(10-22-17(15)9-14)8-18(21)23-11-16(20)12-4-2-1-3-5-12/h1-7,9-10,19H,8,11H2. The van der Waals surface area contributed by atoms with Crippen LogP contribution in [0.3, 0.4) is 0 Å². The van der Waals surface area contributed by atoms with Crippen LogP contribution in [0.15, 0.2) is 59.2 Å².